The summed E-state index contributed by atoms with van der Waals surface area (Å²) in [4.78, 5) is 11.4. The molecule has 4 rings (SSSR count). The van der Waals surface area contributed by atoms with Crippen molar-refractivity contribution in [1.29, 1.82) is 0 Å². The third-order valence-electron chi connectivity index (χ3n) is 6.64. The van der Waals surface area contributed by atoms with E-state index in [4.69, 9.17) is 23.8 Å². The van der Waals surface area contributed by atoms with Crippen LogP contribution >= 0.6 is 23.8 Å². The van der Waals surface area contributed by atoms with Gasteiger partial charge in [0.2, 0.25) is 0 Å². The number of anilines is 1. The highest BCUT2D eigenvalue weighted by atomic mass is 35.5. The van der Waals surface area contributed by atoms with E-state index in [2.05, 4.69) is 91.2 Å². The fraction of sp³-hybridized carbons (Fsp3) is 0.440. The molecular formula is C25H32ClN5S. The highest BCUT2D eigenvalue weighted by molar-refractivity contribution is 7.80. The van der Waals surface area contributed by atoms with Crippen molar-refractivity contribution in [2.75, 3.05) is 39.1 Å². The standard InChI is InChI=1S/C25H32ClN5S/c1-16-15-25(2,3)30(6)21-14-19(26)18(13-17(16)21)23-22(20-9-7-8-10-27-20)28-24(32)31(23)12-11-29(4)5/h7-10,13-15,22-23H,11-12H2,1-6H3,(H,28,32)/t22-,23+/m1/s1. The Kier molecular flexibility index (Phi) is 6.23. The molecule has 1 N–H and O–H groups in total. The zero-order chi connectivity index (χ0) is 23.2. The molecule has 7 heteroatoms. The molecular weight excluding hydrogens is 438 g/mol. The summed E-state index contributed by atoms with van der Waals surface area (Å²) in [6, 6.07) is 10.3. The van der Waals surface area contributed by atoms with Crippen molar-refractivity contribution in [3.8, 4) is 0 Å². The number of aromatic nitrogens is 1. The molecule has 3 heterocycles. The first kappa shape index (κ1) is 23.0. The second kappa shape index (κ2) is 8.65. The summed E-state index contributed by atoms with van der Waals surface area (Å²) in [5, 5.41) is 5.03. The Balaban J connectivity index is 1.83. The number of fused-ring (bicyclic) bond motifs is 1. The number of hydrogen-bond donors (Lipinski definition) is 1. The van der Waals surface area contributed by atoms with Gasteiger partial charge in [0, 0.05) is 42.6 Å². The van der Waals surface area contributed by atoms with Crippen LogP contribution in [0.2, 0.25) is 5.02 Å². The number of allylic oxidation sites excluding steroid dienone is 1. The van der Waals surface area contributed by atoms with Gasteiger partial charge in [-0.25, -0.2) is 0 Å². The van der Waals surface area contributed by atoms with Crippen molar-refractivity contribution < 1.29 is 0 Å². The molecule has 0 saturated carbocycles. The van der Waals surface area contributed by atoms with Gasteiger partial charge >= 0.3 is 0 Å². The van der Waals surface area contributed by atoms with Crippen molar-refractivity contribution in [3.63, 3.8) is 0 Å². The maximum absolute atomic E-state index is 7.00. The van der Waals surface area contributed by atoms with E-state index in [0.717, 1.165) is 40.2 Å². The lowest BCUT2D eigenvalue weighted by Gasteiger charge is -2.41. The second-order valence-corrected chi connectivity index (χ2v) is 10.3. The van der Waals surface area contributed by atoms with Crippen LogP contribution in [-0.2, 0) is 0 Å². The molecule has 1 saturated heterocycles. The highest BCUT2D eigenvalue weighted by Gasteiger charge is 2.41. The summed E-state index contributed by atoms with van der Waals surface area (Å²) in [6.07, 6.45) is 4.16. The number of hydrogen-bond acceptors (Lipinski definition) is 4. The van der Waals surface area contributed by atoms with Crippen LogP contribution < -0.4 is 10.2 Å². The Hall–Kier alpha value is -2.15. The summed E-state index contributed by atoms with van der Waals surface area (Å²) in [6.45, 7) is 8.33. The first-order valence-electron chi connectivity index (χ1n) is 11.0. The molecule has 1 fully saturated rings. The molecule has 5 nitrogen and oxygen atoms in total. The molecule has 2 aromatic rings. The number of pyridine rings is 1. The fourth-order valence-electron chi connectivity index (χ4n) is 4.71. The van der Waals surface area contributed by atoms with Gasteiger partial charge in [0.25, 0.3) is 0 Å². The van der Waals surface area contributed by atoms with Crippen LogP contribution in [0.15, 0.2) is 42.6 Å². The molecule has 0 radical (unpaired) electrons. The molecule has 0 bridgehead atoms. The molecule has 32 heavy (non-hydrogen) atoms. The topological polar surface area (TPSA) is 34.6 Å². The maximum atomic E-state index is 7.00. The van der Waals surface area contributed by atoms with Gasteiger partial charge < -0.3 is 20.0 Å². The molecule has 0 spiro atoms. The van der Waals surface area contributed by atoms with Crippen molar-refractivity contribution in [2.24, 2.45) is 0 Å². The van der Waals surface area contributed by atoms with Gasteiger partial charge in [0.05, 0.1) is 23.3 Å². The number of nitrogens with zero attached hydrogens (tertiary/aromatic N) is 4. The zero-order valence-electron chi connectivity index (χ0n) is 19.7. The predicted octanol–water partition coefficient (Wildman–Crippen LogP) is 4.90. The van der Waals surface area contributed by atoms with Crippen LogP contribution in [0.25, 0.3) is 5.57 Å². The molecule has 1 aromatic carbocycles. The molecule has 2 aliphatic rings. The van der Waals surface area contributed by atoms with E-state index in [9.17, 15) is 0 Å². The lowest BCUT2D eigenvalue weighted by atomic mass is 9.86. The average molecular weight is 470 g/mol. The van der Waals surface area contributed by atoms with Crippen LogP contribution in [0.5, 0.6) is 0 Å². The van der Waals surface area contributed by atoms with Gasteiger partial charge in [-0.15, -0.1) is 0 Å². The van der Waals surface area contributed by atoms with Gasteiger partial charge in [-0.2, -0.15) is 0 Å². The van der Waals surface area contributed by atoms with Crippen LogP contribution in [0.1, 0.15) is 49.7 Å². The monoisotopic (exact) mass is 469 g/mol. The van der Waals surface area contributed by atoms with Crippen molar-refractivity contribution in [1.82, 2.24) is 20.1 Å². The van der Waals surface area contributed by atoms with E-state index in [-0.39, 0.29) is 17.6 Å². The SMILES string of the molecule is CC1=CC(C)(C)N(C)c2cc(Cl)c([C@H]3[C@@H](c4ccccn4)NC(=S)N3CCN(C)C)cc21. The molecule has 1 aromatic heterocycles. The van der Waals surface area contributed by atoms with Crippen LogP contribution in [0.4, 0.5) is 5.69 Å². The van der Waals surface area contributed by atoms with Crippen molar-refractivity contribution in [3.05, 3.63) is 64.4 Å². The normalized spacial score (nSPS) is 22.1. The quantitative estimate of drug-likeness (QED) is 0.627. The Bertz CT molecular complexity index is 1050. The van der Waals surface area contributed by atoms with E-state index in [1.165, 1.54) is 11.1 Å². The number of likely N-dealkylation sites (N-methyl/N-ethyl adjacent to an activating group) is 2. The minimum atomic E-state index is -0.0662. The summed E-state index contributed by atoms with van der Waals surface area (Å²) in [7, 11) is 6.29. The Morgan fingerprint density at radius 2 is 2.00 bits per heavy atom. The smallest absolute Gasteiger partial charge is 0.170 e. The van der Waals surface area contributed by atoms with Crippen LogP contribution in [-0.4, -0.2) is 59.7 Å². The van der Waals surface area contributed by atoms with Crippen molar-refractivity contribution >= 4 is 40.2 Å². The largest absolute Gasteiger partial charge is 0.365 e. The molecule has 0 amide bonds. The Morgan fingerprint density at radius 3 is 2.66 bits per heavy atom. The molecule has 170 valence electrons. The zero-order valence-corrected chi connectivity index (χ0v) is 21.3. The number of benzene rings is 1. The third kappa shape index (κ3) is 4.12. The summed E-state index contributed by atoms with van der Waals surface area (Å²) < 4.78 is 0. The van der Waals surface area contributed by atoms with Gasteiger partial charge in [0.1, 0.15) is 0 Å². The lowest BCUT2D eigenvalue weighted by Crippen LogP contribution is -2.42. The average Bonchev–Trinajstić information content (AvgIpc) is 3.06. The Morgan fingerprint density at radius 1 is 1.25 bits per heavy atom. The maximum Gasteiger partial charge on any atom is 0.170 e. The van der Waals surface area contributed by atoms with E-state index in [1.54, 1.807) is 0 Å². The molecule has 2 atom stereocenters. The minimum Gasteiger partial charge on any atom is -0.365 e. The first-order chi connectivity index (χ1) is 15.1. The number of thiocarbonyl (C=S) groups is 1. The highest BCUT2D eigenvalue weighted by Crippen LogP contribution is 2.46. The van der Waals surface area contributed by atoms with E-state index in [1.807, 2.05) is 18.3 Å². The van der Waals surface area contributed by atoms with Gasteiger partial charge in [-0.1, -0.05) is 23.7 Å². The Labute approximate surface area is 202 Å². The number of rotatable bonds is 5. The van der Waals surface area contributed by atoms with E-state index < -0.39 is 0 Å². The summed E-state index contributed by atoms with van der Waals surface area (Å²) in [5.74, 6) is 0. The fourth-order valence-corrected chi connectivity index (χ4v) is 5.31. The lowest BCUT2D eigenvalue weighted by molar-refractivity contribution is 0.278. The number of nitrogens with one attached hydrogen (secondary N) is 1. The van der Waals surface area contributed by atoms with Gasteiger partial charge in [0.15, 0.2) is 5.11 Å². The molecule has 2 aliphatic heterocycles. The van der Waals surface area contributed by atoms with E-state index in [0.29, 0.717) is 0 Å². The van der Waals surface area contributed by atoms with Crippen molar-refractivity contribution in [2.45, 2.75) is 38.4 Å². The summed E-state index contributed by atoms with van der Waals surface area (Å²) in [5.41, 5.74) is 5.62. The molecule has 0 unspecified atom stereocenters. The van der Waals surface area contributed by atoms with Crippen LogP contribution in [0, 0.1) is 0 Å². The number of halogens is 1. The van der Waals surface area contributed by atoms with Gasteiger partial charge in [-0.3, -0.25) is 4.98 Å². The predicted molar refractivity (Wildman–Crippen MR) is 138 cm³/mol. The second-order valence-electron chi connectivity index (χ2n) is 9.55. The first-order valence-corrected chi connectivity index (χ1v) is 11.8. The third-order valence-corrected chi connectivity index (χ3v) is 7.32. The van der Waals surface area contributed by atoms with Gasteiger partial charge in [-0.05, 0) is 82.5 Å². The summed E-state index contributed by atoms with van der Waals surface area (Å²) >= 11 is 12.8. The van der Waals surface area contributed by atoms with Crippen LogP contribution in [0.3, 0.4) is 0 Å². The minimum absolute atomic E-state index is 0.0387. The molecule has 0 aliphatic carbocycles. The van der Waals surface area contributed by atoms with E-state index >= 15 is 0 Å².